The van der Waals surface area contributed by atoms with Crippen molar-refractivity contribution < 1.29 is 9.53 Å². The molecule has 2 rings (SSSR count). The molecule has 2 aromatic rings. The van der Waals surface area contributed by atoms with Crippen molar-refractivity contribution in [3.63, 3.8) is 0 Å². The van der Waals surface area contributed by atoms with E-state index >= 15 is 0 Å². The number of hydrogen-bond donors (Lipinski definition) is 0. The molecule has 0 spiro atoms. The van der Waals surface area contributed by atoms with E-state index in [1.54, 1.807) is 22.9 Å². The highest BCUT2D eigenvalue weighted by Gasteiger charge is 2.06. The number of aromatic nitrogens is 1. The summed E-state index contributed by atoms with van der Waals surface area (Å²) in [6.07, 6.45) is 1.79. The molecule has 0 N–H and O–H groups in total. The maximum atomic E-state index is 11.2. The van der Waals surface area contributed by atoms with E-state index in [0.29, 0.717) is 5.69 Å². The van der Waals surface area contributed by atoms with Crippen LogP contribution < -0.4 is 0 Å². The summed E-state index contributed by atoms with van der Waals surface area (Å²) < 4.78 is 6.39. The molecule has 6 heteroatoms. The zero-order chi connectivity index (χ0) is 12.3. The van der Waals surface area contributed by atoms with Crippen molar-refractivity contribution >= 4 is 22.6 Å². The van der Waals surface area contributed by atoms with Crippen molar-refractivity contribution in [3.8, 4) is 0 Å². The predicted octanol–water partition coefficient (Wildman–Crippen LogP) is 2.76. The molecule has 0 saturated carbocycles. The van der Waals surface area contributed by atoms with Gasteiger partial charge in [0, 0.05) is 27.7 Å². The van der Waals surface area contributed by atoms with E-state index in [4.69, 9.17) is 5.53 Å². The number of rotatable bonds is 3. The standard InChI is InChI=1S/C11H10N4O2/c1-17-11(16)7-15-5-4-8-6-9(13-14-12)2-3-10(8)15/h2-6H,7H2,1H3. The Morgan fingerprint density at radius 3 is 3.06 bits per heavy atom. The number of carbonyl (C=O) groups is 1. The number of azide groups is 1. The Morgan fingerprint density at radius 2 is 2.35 bits per heavy atom. The quantitative estimate of drug-likeness (QED) is 0.351. The highest BCUT2D eigenvalue weighted by atomic mass is 16.5. The van der Waals surface area contributed by atoms with Gasteiger partial charge in [-0.1, -0.05) is 11.2 Å². The molecule has 0 aliphatic rings. The Balaban J connectivity index is 2.41. The summed E-state index contributed by atoms with van der Waals surface area (Å²) in [5.41, 5.74) is 9.79. The Labute approximate surface area is 97.0 Å². The predicted molar refractivity (Wildman–Crippen MR) is 62.8 cm³/mol. The largest absolute Gasteiger partial charge is 0.468 e. The van der Waals surface area contributed by atoms with Crippen LogP contribution in [0.15, 0.2) is 35.6 Å². The zero-order valence-corrected chi connectivity index (χ0v) is 9.20. The minimum absolute atomic E-state index is 0.168. The number of benzene rings is 1. The molecule has 86 valence electrons. The molecule has 1 heterocycles. The average Bonchev–Trinajstić information content (AvgIpc) is 2.72. The summed E-state index contributed by atoms with van der Waals surface area (Å²) in [5.74, 6) is -0.304. The van der Waals surface area contributed by atoms with Gasteiger partial charge in [0.25, 0.3) is 0 Å². The lowest BCUT2D eigenvalue weighted by Gasteiger charge is -2.03. The van der Waals surface area contributed by atoms with Gasteiger partial charge in [-0.15, -0.1) is 0 Å². The normalized spacial score (nSPS) is 9.94. The fraction of sp³-hybridized carbons (Fsp3) is 0.182. The number of carbonyl (C=O) groups excluding carboxylic acids is 1. The third-order valence-electron chi connectivity index (χ3n) is 2.44. The van der Waals surface area contributed by atoms with Crippen LogP contribution in [-0.4, -0.2) is 17.6 Å². The Hall–Kier alpha value is -2.46. The highest BCUT2D eigenvalue weighted by molar-refractivity contribution is 5.84. The lowest BCUT2D eigenvalue weighted by atomic mass is 10.2. The lowest BCUT2D eigenvalue weighted by molar-refractivity contribution is -0.141. The van der Waals surface area contributed by atoms with Crippen molar-refractivity contribution in [2.24, 2.45) is 5.11 Å². The number of hydrogen-bond acceptors (Lipinski definition) is 3. The van der Waals surface area contributed by atoms with Crippen LogP contribution in [0, 0.1) is 0 Å². The summed E-state index contributed by atoms with van der Waals surface area (Å²) in [6, 6.07) is 7.13. The maximum absolute atomic E-state index is 11.2. The van der Waals surface area contributed by atoms with E-state index in [9.17, 15) is 4.79 Å². The molecule has 0 atom stereocenters. The van der Waals surface area contributed by atoms with Crippen LogP contribution >= 0.6 is 0 Å². The second-order valence-electron chi connectivity index (χ2n) is 3.45. The maximum Gasteiger partial charge on any atom is 0.325 e. The summed E-state index contributed by atoms with van der Waals surface area (Å²) in [6.45, 7) is 0.168. The number of fused-ring (bicyclic) bond motifs is 1. The summed E-state index contributed by atoms with van der Waals surface area (Å²) in [7, 11) is 1.35. The van der Waals surface area contributed by atoms with Gasteiger partial charge in [0.15, 0.2) is 0 Å². The Bertz CT molecular complexity index is 611. The molecule has 0 unspecified atom stereocenters. The summed E-state index contributed by atoms with van der Waals surface area (Å²) >= 11 is 0. The lowest BCUT2D eigenvalue weighted by Crippen LogP contribution is -2.10. The average molecular weight is 230 g/mol. The first-order chi connectivity index (χ1) is 8.24. The van der Waals surface area contributed by atoms with Crippen LogP contribution in [0.4, 0.5) is 5.69 Å². The van der Waals surface area contributed by atoms with E-state index < -0.39 is 0 Å². The van der Waals surface area contributed by atoms with E-state index in [2.05, 4.69) is 14.8 Å². The zero-order valence-electron chi connectivity index (χ0n) is 9.20. The fourth-order valence-corrected chi connectivity index (χ4v) is 1.64. The van der Waals surface area contributed by atoms with Crippen molar-refractivity contribution in [3.05, 3.63) is 40.9 Å². The number of ether oxygens (including phenoxy) is 1. The van der Waals surface area contributed by atoms with Gasteiger partial charge in [-0.05, 0) is 23.7 Å². The molecule has 0 saturated heterocycles. The molecule has 0 bridgehead atoms. The molecule has 0 amide bonds. The van der Waals surface area contributed by atoms with E-state index in [0.717, 1.165) is 10.9 Å². The van der Waals surface area contributed by atoms with Gasteiger partial charge in [0.1, 0.15) is 6.54 Å². The Kier molecular flexibility index (Phi) is 2.98. The molecule has 1 aromatic carbocycles. The molecule has 0 fully saturated rings. The second kappa shape index (κ2) is 4.59. The molecular weight excluding hydrogens is 220 g/mol. The first-order valence-corrected chi connectivity index (χ1v) is 4.95. The van der Waals surface area contributed by atoms with Crippen molar-refractivity contribution in [1.29, 1.82) is 0 Å². The number of methoxy groups -OCH3 is 1. The van der Waals surface area contributed by atoms with Crippen LogP contribution in [0.3, 0.4) is 0 Å². The molecular formula is C11H10N4O2. The van der Waals surface area contributed by atoms with E-state index in [1.807, 2.05) is 12.1 Å². The van der Waals surface area contributed by atoms with E-state index in [1.165, 1.54) is 7.11 Å². The van der Waals surface area contributed by atoms with E-state index in [-0.39, 0.29) is 12.5 Å². The molecule has 0 aliphatic heterocycles. The number of esters is 1. The van der Waals surface area contributed by atoms with Crippen molar-refractivity contribution in [2.45, 2.75) is 6.54 Å². The SMILES string of the molecule is COC(=O)Cn1ccc2cc(N=[N+]=[N-])ccc21. The molecule has 0 radical (unpaired) electrons. The van der Waals surface area contributed by atoms with Gasteiger partial charge < -0.3 is 9.30 Å². The smallest absolute Gasteiger partial charge is 0.325 e. The van der Waals surface area contributed by atoms with Gasteiger partial charge in [-0.25, -0.2) is 0 Å². The highest BCUT2D eigenvalue weighted by Crippen LogP contribution is 2.22. The summed E-state index contributed by atoms with van der Waals surface area (Å²) in [5, 5.41) is 4.44. The molecule has 6 nitrogen and oxygen atoms in total. The second-order valence-corrected chi connectivity index (χ2v) is 3.45. The van der Waals surface area contributed by atoms with Gasteiger partial charge in [0.2, 0.25) is 0 Å². The van der Waals surface area contributed by atoms with Crippen molar-refractivity contribution in [1.82, 2.24) is 4.57 Å². The topological polar surface area (TPSA) is 80.0 Å². The molecule has 0 aliphatic carbocycles. The van der Waals surface area contributed by atoms with Crippen LogP contribution in [0.1, 0.15) is 0 Å². The van der Waals surface area contributed by atoms with Gasteiger partial charge in [-0.3, -0.25) is 4.79 Å². The minimum Gasteiger partial charge on any atom is -0.468 e. The van der Waals surface area contributed by atoms with Crippen LogP contribution in [0.2, 0.25) is 0 Å². The molecule has 17 heavy (non-hydrogen) atoms. The van der Waals surface area contributed by atoms with Gasteiger partial charge in [0.05, 0.1) is 7.11 Å². The number of nitrogens with zero attached hydrogens (tertiary/aromatic N) is 4. The van der Waals surface area contributed by atoms with Gasteiger partial charge in [-0.2, -0.15) is 0 Å². The third kappa shape index (κ3) is 2.21. The first kappa shape index (κ1) is 11.0. The van der Waals surface area contributed by atoms with Crippen LogP contribution in [-0.2, 0) is 16.1 Å². The van der Waals surface area contributed by atoms with Crippen LogP contribution in [0.5, 0.6) is 0 Å². The fourth-order valence-electron chi connectivity index (χ4n) is 1.64. The first-order valence-electron chi connectivity index (χ1n) is 4.95. The van der Waals surface area contributed by atoms with Crippen molar-refractivity contribution in [2.75, 3.05) is 7.11 Å². The Morgan fingerprint density at radius 1 is 1.53 bits per heavy atom. The van der Waals surface area contributed by atoms with Crippen LogP contribution in [0.25, 0.3) is 21.3 Å². The third-order valence-corrected chi connectivity index (χ3v) is 2.44. The van der Waals surface area contributed by atoms with Gasteiger partial charge >= 0.3 is 5.97 Å². The monoisotopic (exact) mass is 230 g/mol. The molecule has 1 aromatic heterocycles. The minimum atomic E-state index is -0.304. The summed E-state index contributed by atoms with van der Waals surface area (Å²) in [4.78, 5) is 13.9.